The molecule has 0 saturated heterocycles. The second kappa shape index (κ2) is 5.62. The van der Waals surface area contributed by atoms with E-state index in [1.54, 1.807) is 12.1 Å². The molecule has 0 radical (unpaired) electrons. The molecule has 1 amide bonds. The molecule has 0 aromatic heterocycles. The van der Waals surface area contributed by atoms with Crippen LogP contribution in [-0.2, 0) is 0 Å². The molecule has 0 unspecified atom stereocenters. The lowest BCUT2D eigenvalue weighted by atomic mass is 10.1. The van der Waals surface area contributed by atoms with Crippen LogP contribution in [0.4, 0.5) is 11.4 Å². The molecule has 6 nitrogen and oxygen atoms in total. The molecule has 0 bridgehead atoms. The van der Waals surface area contributed by atoms with E-state index in [-0.39, 0.29) is 5.56 Å². The summed E-state index contributed by atoms with van der Waals surface area (Å²) in [5.41, 5.74) is 1.88. The summed E-state index contributed by atoms with van der Waals surface area (Å²) in [6.07, 6.45) is 0. The summed E-state index contributed by atoms with van der Waals surface area (Å²) in [5, 5.41) is 23.2. The number of phenolic OH excluding ortho intramolecular Hbond substituents is 1. The average molecular weight is 286 g/mol. The quantitative estimate of drug-likeness (QED) is 0.669. The molecular weight excluding hydrogens is 272 g/mol. The van der Waals surface area contributed by atoms with Crippen LogP contribution in [0.3, 0.4) is 0 Å². The zero-order valence-electron chi connectivity index (χ0n) is 11.6. The van der Waals surface area contributed by atoms with Crippen molar-refractivity contribution in [2.75, 3.05) is 5.32 Å². The minimum Gasteiger partial charge on any atom is -0.502 e. The molecule has 0 aliphatic heterocycles. The third kappa shape index (κ3) is 2.84. The molecule has 0 spiro atoms. The molecule has 0 fully saturated rings. The molecule has 0 atom stereocenters. The predicted octanol–water partition coefficient (Wildman–Crippen LogP) is 3.17. The molecule has 0 aliphatic rings. The van der Waals surface area contributed by atoms with Gasteiger partial charge < -0.3 is 10.4 Å². The first kappa shape index (κ1) is 14.5. The summed E-state index contributed by atoms with van der Waals surface area (Å²) < 4.78 is 0. The zero-order valence-corrected chi connectivity index (χ0v) is 11.6. The van der Waals surface area contributed by atoms with E-state index in [2.05, 4.69) is 5.32 Å². The number of rotatable bonds is 3. The molecule has 2 rings (SSSR count). The Hall–Kier alpha value is -2.89. The lowest BCUT2D eigenvalue weighted by Gasteiger charge is -2.11. The van der Waals surface area contributed by atoms with Crippen molar-refractivity contribution in [2.45, 2.75) is 13.8 Å². The van der Waals surface area contributed by atoms with Gasteiger partial charge in [0, 0.05) is 11.8 Å². The maximum atomic E-state index is 12.2. The second-order valence-electron chi connectivity index (χ2n) is 4.63. The molecular formula is C15H14N2O4. The van der Waals surface area contributed by atoms with Gasteiger partial charge in [-0.3, -0.25) is 14.9 Å². The van der Waals surface area contributed by atoms with Crippen molar-refractivity contribution < 1.29 is 14.8 Å². The Kier molecular flexibility index (Phi) is 3.89. The monoisotopic (exact) mass is 286 g/mol. The zero-order chi connectivity index (χ0) is 15.6. The van der Waals surface area contributed by atoms with Crippen molar-refractivity contribution in [3.63, 3.8) is 0 Å². The SMILES string of the molecule is Cc1cccc(NC(=O)c2cccc([N+](=O)[O-])c2O)c1C. The summed E-state index contributed by atoms with van der Waals surface area (Å²) in [6.45, 7) is 3.77. The standard InChI is InChI=1S/C15H14N2O4/c1-9-5-3-7-12(10(9)2)16-15(19)11-6-4-8-13(14(11)18)17(20)21/h3-8,18H,1-2H3,(H,16,19). The molecule has 0 heterocycles. The van der Waals surface area contributed by atoms with Gasteiger partial charge in [-0.15, -0.1) is 0 Å². The van der Waals surface area contributed by atoms with Crippen LogP contribution >= 0.6 is 0 Å². The Balaban J connectivity index is 2.35. The van der Waals surface area contributed by atoms with Gasteiger partial charge in [0.1, 0.15) is 0 Å². The molecule has 108 valence electrons. The van der Waals surface area contributed by atoms with Crippen LogP contribution < -0.4 is 5.32 Å². The van der Waals surface area contributed by atoms with E-state index in [9.17, 15) is 20.0 Å². The number of benzene rings is 2. The van der Waals surface area contributed by atoms with Crippen LogP contribution in [0.1, 0.15) is 21.5 Å². The minimum absolute atomic E-state index is 0.134. The number of carbonyl (C=O) groups excluding carboxylic acids is 1. The van der Waals surface area contributed by atoms with Crippen molar-refractivity contribution in [3.8, 4) is 5.75 Å². The lowest BCUT2D eigenvalue weighted by molar-refractivity contribution is -0.385. The van der Waals surface area contributed by atoms with Gasteiger partial charge in [0.15, 0.2) is 0 Å². The summed E-state index contributed by atoms with van der Waals surface area (Å²) >= 11 is 0. The first-order valence-electron chi connectivity index (χ1n) is 6.25. The molecule has 0 aliphatic carbocycles. The first-order chi connectivity index (χ1) is 9.91. The maximum Gasteiger partial charge on any atom is 0.311 e. The van der Waals surface area contributed by atoms with Crippen molar-refractivity contribution in [1.82, 2.24) is 0 Å². The lowest BCUT2D eigenvalue weighted by Crippen LogP contribution is -2.13. The number of phenols is 1. The number of aromatic hydroxyl groups is 1. The van der Waals surface area contributed by atoms with Crippen LogP contribution in [-0.4, -0.2) is 15.9 Å². The van der Waals surface area contributed by atoms with Gasteiger partial charge in [-0.25, -0.2) is 0 Å². The molecule has 0 saturated carbocycles. The molecule has 6 heteroatoms. The summed E-state index contributed by atoms with van der Waals surface area (Å²) in [4.78, 5) is 22.2. The second-order valence-corrected chi connectivity index (χ2v) is 4.63. The Morgan fingerprint density at radius 2 is 1.86 bits per heavy atom. The van der Waals surface area contributed by atoms with Crippen LogP contribution in [0.5, 0.6) is 5.75 Å². The van der Waals surface area contributed by atoms with Crippen molar-refractivity contribution in [3.05, 3.63) is 63.2 Å². The third-order valence-electron chi connectivity index (χ3n) is 3.31. The van der Waals surface area contributed by atoms with Gasteiger partial charge in [0.05, 0.1) is 10.5 Å². The number of nitro groups is 1. The van der Waals surface area contributed by atoms with E-state index in [1.807, 2.05) is 19.9 Å². The first-order valence-corrected chi connectivity index (χ1v) is 6.25. The van der Waals surface area contributed by atoms with Gasteiger partial charge >= 0.3 is 5.69 Å². The van der Waals surface area contributed by atoms with E-state index in [4.69, 9.17) is 0 Å². The van der Waals surface area contributed by atoms with Crippen molar-refractivity contribution in [1.29, 1.82) is 0 Å². The Labute approximate surface area is 121 Å². The van der Waals surface area contributed by atoms with Gasteiger partial charge in [-0.1, -0.05) is 18.2 Å². The summed E-state index contributed by atoms with van der Waals surface area (Å²) in [5.74, 6) is -1.23. The van der Waals surface area contributed by atoms with Gasteiger partial charge in [0.2, 0.25) is 5.75 Å². The predicted molar refractivity (Wildman–Crippen MR) is 78.6 cm³/mol. The van der Waals surface area contributed by atoms with Crippen molar-refractivity contribution in [2.24, 2.45) is 0 Å². The van der Waals surface area contributed by atoms with E-state index in [0.29, 0.717) is 5.69 Å². The number of anilines is 1. The number of carbonyl (C=O) groups is 1. The highest BCUT2D eigenvalue weighted by molar-refractivity contribution is 6.07. The Morgan fingerprint density at radius 3 is 2.52 bits per heavy atom. The summed E-state index contributed by atoms with van der Waals surface area (Å²) in [7, 11) is 0. The van der Waals surface area contributed by atoms with E-state index < -0.39 is 22.3 Å². The fraction of sp³-hybridized carbons (Fsp3) is 0.133. The largest absolute Gasteiger partial charge is 0.502 e. The molecule has 21 heavy (non-hydrogen) atoms. The Morgan fingerprint density at radius 1 is 1.19 bits per heavy atom. The van der Waals surface area contributed by atoms with E-state index in [1.165, 1.54) is 12.1 Å². The van der Waals surface area contributed by atoms with Gasteiger partial charge in [-0.05, 0) is 37.1 Å². The smallest absolute Gasteiger partial charge is 0.311 e. The van der Waals surface area contributed by atoms with Crippen LogP contribution in [0.2, 0.25) is 0 Å². The number of nitrogens with one attached hydrogen (secondary N) is 1. The van der Waals surface area contributed by atoms with Crippen LogP contribution in [0, 0.1) is 24.0 Å². The molecule has 2 aromatic rings. The van der Waals surface area contributed by atoms with Crippen LogP contribution in [0.25, 0.3) is 0 Å². The number of para-hydroxylation sites is 1. The maximum absolute atomic E-state index is 12.2. The number of aryl methyl sites for hydroxylation is 1. The minimum atomic E-state index is -0.732. The fourth-order valence-electron chi connectivity index (χ4n) is 1.94. The number of nitrogens with zero attached hydrogens (tertiary/aromatic N) is 1. The Bertz CT molecular complexity index is 726. The molecule has 2 aromatic carbocycles. The van der Waals surface area contributed by atoms with Gasteiger partial charge in [-0.2, -0.15) is 0 Å². The van der Waals surface area contributed by atoms with Gasteiger partial charge in [0.25, 0.3) is 5.91 Å². The van der Waals surface area contributed by atoms with Crippen LogP contribution in [0.15, 0.2) is 36.4 Å². The van der Waals surface area contributed by atoms with E-state index >= 15 is 0 Å². The third-order valence-corrected chi connectivity index (χ3v) is 3.31. The topological polar surface area (TPSA) is 92.5 Å². The molecule has 2 N–H and O–H groups in total. The van der Waals surface area contributed by atoms with Crippen molar-refractivity contribution >= 4 is 17.3 Å². The fourth-order valence-corrected chi connectivity index (χ4v) is 1.94. The number of amides is 1. The highest BCUT2D eigenvalue weighted by atomic mass is 16.6. The normalized spacial score (nSPS) is 10.2. The highest BCUT2D eigenvalue weighted by Crippen LogP contribution is 2.30. The number of hydrogen-bond acceptors (Lipinski definition) is 4. The highest BCUT2D eigenvalue weighted by Gasteiger charge is 2.21. The average Bonchev–Trinajstić information content (AvgIpc) is 2.43. The number of hydrogen-bond donors (Lipinski definition) is 2. The number of nitro benzene ring substituents is 1. The summed E-state index contributed by atoms with van der Waals surface area (Å²) in [6, 6.07) is 9.28. The van der Waals surface area contributed by atoms with E-state index in [0.717, 1.165) is 17.2 Å².